The van der Waals surface area contributed by atoms with Crippen LogP contribution >= 0.6 is 15.9 Å². The maximum absolute atomic E-state index is 13.2. The lowest BCUT2D eigenvalue weighted by molar-refractivity contribution is 0.428. The number of benzene rings is 2. The molecule has 2 aromatic heterocycles. The Balaban J connectivity index is 1.63. The molecular weight excluding hydrogens is 481 g/mol. The highest BCUT2D eigenvalue weighted by atomic mass is 79.9. The fourth-order valence-corrected chi connectivity index (χ4v) is 4.57. The molecule has 0 unspecified atom stereocenters. The molecule has 0 aliphatic carbocycles. The zero-order valence-electron chi connectivity index (χ0n) is 16.4. The number of aryl methyl sites for hydroxylation is 1. The maximum atomic E-state index is 13.2. The summed E-state index contributed by atoms with van der Waals surface area (Å²) in [6.07, 6.45) is 4.57. The molecular formula is C21H17BBrN3O4S. The van der Waals surface area contributed by atoms with E-state index in [-0.39, 0.29) is 16.3 Å². The van der Waals surface area contributed by atoms with E-state index in [4.69, 9.17) is 4.65 Å². The summed E-state index contributed by atoms with van der Waals surface area (Å²) in [6.45, 7) is 1.77. The average molecular weight is 498 g/mol. The van der Waals surface area contributed by atoms with Crippen molar-refractivity contribution in [3.63, 3.8) is 0 Å². The lowest BCUT2D eigenvalue weighted by Gasteiger charge is -2.13. The van der Waals surface area contributed by atoms with Gasteiger partial charge in [-0.05, 0) is 58.2 Å². The molecule has 0 aliphatic heterocycles. The van der Waals surface area contributed by atoms with E-state index in [1.165, 1.54) is 30.5 Å². The number of halogens is 1. The van der Waals surface area contributed by atoms with Crippen molar-refractivity contribution in [1.29, 1.82) is 0 Å². The zero-order valence-corrected chi connectivity index (χ0v) is 18.8. The van der Waals surface area contributed by atoms with E-state index in [2.05, 4.69) is 25.9 Å². The molecule has 2 aromatic carbocycles. The van der Waals surface area contributed by atoms with Crippen molar-refractivity contribution in [3.05, 3.63) is 88.7 Å². The second kappa shape index (κ2) is 8.66. The largest absolute Gasteiger partial charge is 0.552 e. The normalized spacial score (nSPS) is 11.8. The highest BCUT2D eigenvalue weighted by molar-refractivity contribution is 9.10. The van der Waals surface area contributed by atoms with Gasteiger partial charge in [-0.25, -0.2) is 22.4 Å². The van der Waals surface area contributed by atoms with Gasteiger partial charge in [0.1, 0.15) is 15.9 Å². The molecule has 0 fully saturated rings. The van der Waals surface area contributed by atoms with Crippen LogP contribution in [-0.4, -0.2) is 34.5 Å². The third-order valence-electron chi connectivity index (χ3n) is 4.54. The Morgan fingerprint density at radius 1 is 1.16 bits per heavy atom. The van der Waals surface area contributed by atoms with Crippen LogP contribution < -0.4 is 4.65 Å². The number of fused-ring (bicyclic) bond motifs is 1. The van der Waals surface area contributed by atoms with Gasteiger partial charge in [-0.3, -0.25) is 0 Å². The number of nitrogens with zero attached hydrogens (tertiary/aromatic N) is 3. The maximum Gasteiger partial charge on any atom is 0.552 e. The Kier molecular flexibility index (Phi) is 5.95. The minimum Gasteiger partial charge on any atom is -0.532 e. The Hall–Kier alpha value is -2.95. The monoisotopic (exact) mass is 497 g/mol. The van der Waals surface area contributed by atoms with Crippen LogP contribution in [-0.2, 0) is 10.0 Å². The summed E-state index contributed by atoms with van der Waals surface area (Å²) in [5.74, 6) is 1.75. The molecule has 4 rings (SSSR count). The van der Waals surface area contributed by atoms with Crippen LogP contribution in [0.1, 0.15) is 11.1 Å². The van der Waals surface area contributed by atoms with Crippen molar-refractivity contribution in [1.82, 2.24) is 13.9 Å². The topological polar surface area (TPSA) is 94.3 Å². The van der Waals surface area contributed by atoms with Crippen molar-refractivity contribution in [2.75, 3.05) is 0 Å². The Morgan fingerprint density at radius 2 is 1.94 bits per heavy atom. The third kappa shape index (κ3) is 4.56. The molecule has 0 spiro atoms. The van der Waals surface area contributed by atoms with Crippen molar-refractivity contribution in [2.45, 2.75) is 11.8 Å². The highest BCUT2D eigenvalue weighted by Gasteiger charge is 2.22. The summed E-state index contributed by atoms with van der Waals surface area (Å²) >= 11 is 3.23. The van der Waals surface area contributed by atoms with E-state index in [0.29, 0.717) is 15.7 Å². The summed E-state index contributed by atoms with van der Waals surface area (Å²) in [4.78, 5) is 8.40. The predicted octanol–water partition coefficient (Wildman–Crippen LogP) is 3.85. The van der Waals surface area contributed by atoms with E-state index < -0.39 is 17.1 Å². The van der Waals surface area contributed by atoms with Crippen molar-refractivity contribution >= 4 is 50.3 Å². The van der Waals surface area contributed by atoms with Gasteiger partial charge in [0.2, 0.25) is 0 Å². The van der Waals surface area contributed by atoms with E-state index in [0.717, 1.165) is 9.54 Å². The first-order valence-electron chi connectivity index (χ1n) is 9.28. The van der Waals surface area contributed by atoms with E-state index in [9.17, 15) is 13.4 Å². The number of hydrogen-bond donors (Lipinski definition) is 1. The molecule has 0 saturated carbocycles. The molecule has 0 radical (unpaired) electrons. The van der Waals surface area contributed by atoms with Crippen LogP contribution in [0.25, 0.3) is 17.2 Å². The van der Waals surface area contributed by atoms with Gasteiger partial charge in [0.25, 0.3) is 10.0 Å². The molecule has 7 nitrogen and oxygen atoms in total. The number of aromatic nitrogens is 3. The lowest BCUT2D eigenvalue weighted by atomic mass is 9.89. The highest BCUT2D eigenvalue weighted by Crippen LogP contribution is 2.26. The molecule has 4 aromatic rings. The minimum atomic E-state index is -3.95. The molecule has 10 heteroatoms. The van der Waals surface area contributed by atoms with Crippen LogP contribution in [0, 0.1) is 6.92 Å². The molecule has 31 heavy (non-hydrogen) atoms. The summed E-state index contributed by atoms with van der Waals surface area (Å²) in [6, 6.07) is 15.5. The zero-order chi connectivity index (χ0) is 22.0. The van der Waals surface area contributed by atoms with E-state index in [1.54, 1.807) is 25.1 Å². The first-order valence-corrected chi connectivity index (χ1v) is 11.5. The second-order valence-corrected chi connectivity index (χ2v) is 9.35. The molecule has 0 atom stereocenters. The van der Waals surface area contributed by atoms with E-state index in [1.807, 2.05) is 30.3 Å². The fraction of sp³-hybridized carbons (Fsp3) is 0.0476. The van der Waals surface area contributed by atoms with Gasteiger partial charge in [0.15, 0.2) is 5.65 Å². The standard InChI is InChI=1S/C21H17BBrN3O4S/c1-15-7-8-17(13-19(15)30-22(27)11-9-16-5-3-2-4-6-16)31(28,29)26-12-10-18-21(26)24-14-20(23)25-18/h2-14,27H,1H3/b11-9+. The average Bonchev–Trinajstić information content (AvgIpc) is 3.18. The summed E-state index contributed by atoms with van der Waals surface area (Å²) in [5.41, 5.74) is 2.26. The fourth-order valence-electron chi connectivity index (χ4n) is 2.97. The summed E-state index contributed by atoms with van der Waals surface area (Å²) in [5, 5.41) is 10.2. The van der Waals surface area contributed by atoms with Gasteiger partial charge in [0.05, 0.1) is 11.1 Å². The molecule has 2 heterocycles. The summed E-state index contributed by atoms with van der Waals surface area (Å²) < 4.78 is 33.6. The molecule has 156 valence electrons. The van der Waals surface area contributed by atoms with Crippen molar-refractivity contribution in [3.8, 4) is 5.75 Å². The van der Waals surface area contributed by atoms with Gasteiger partial charge in [0, 0.05) is 6.20 Å². The quantitative estimate of drug-likeness (QED) is 0.406. The van der Waals surface area contributed by atoms with Gasteiger partial charge >= 0.3 is 7.12 Å². The van der Waals surface area contributed by atoms with Crippen LogP contribution in [0.3, 0.4) is 0 Å². The van der Waals surface area contributed by atoms with Gasteiger partial charge in [-0.1, -0.05) is 42.5 Å². The smallest absolute Gasteiger partial charge is 0.532 e. The van der Waals surface area contributed by atoms with Gasteiger partial charge in [-0.15, -0.1) is 0 Å². The van der Waals surface area contributed by atoms with Crippen molar-refractivity contribution in [2.24, 2.45) is 0 Å². The van der Waals surface area contributed by atoms with Crippen LogP contribution in [0.15, 0.2) is 82.5 Å². The minimum absolute atomic E-state index is 0.00885. The Morgan fingerprint density at radius 3 is 2.71 bits per heavy atom. The van der Waals surface area contributed by atoms with Crippen LogP contribution in [0.5, 0.6) is 5.75 Å². The molecule has 0 saturated heterocycles. The number of rotatable bonds is 6. The first-order chi connectivity index (χ1) is 14.8. The van der Waals surface area contributed by atoms with E-state index >= 15 is 0 Å². The molecule has 0 amide bonds. The predicted molar refractivity (Wildman–Crippen MR) is 123 cm³/mol. The summed E-state index contributed by atoms with van der Waals surface area (Å²) in [7, 11) is -5.19. The van der Waals surface area contributed by atoms with Crippen molar-refractivity contribution < 1.29 is 18.1 Å². The van der Waals surface area contributed by atoms with Gasteiger partial charge < -0.3 is 9.68 Å². The molecule has 0 aliphatic rings. The third-order valence-corrected chi connectivity index (χ3v) is 6.59. The SMILES string of the molecule is Cc1ccc(S(=O)(=O)n2ccc3nc(Br)cnc32)cc1OB(O)/C=C/c1ccccc1. The Labute approximate surface area is 188 Å². The molecule has 1 N–H and O–H groups in total. The number of hydrogen-bond acceptors (Lipinski definition) is 6. The second-order valence-electron chi connectivity index (χ2n) is 6.72. The first kappa shape index (κ1) is 21.3. The van der Waals surface area contributed by atoms with Crippen LogP contribution in [0.2, 0.25) is 0 Å². The van der Waals surface area contributed by atoms with Crippen LogP contribution in [0.4, 0.5) is 0 Å². The Bertz CT molecular complexity index is 1370. The molecule has 0 bridgehead atoms. The lowest BCUT2D eigenvalue weighted by Crippen LogP contribution is -2.20. The van der Waals surface area contributed by atoms with Gasteiger partial charge in [-0.2, -0.15) is 0 Å².